The van der Waals surface area contributed by atoms with Crippen LogP contribution in [0.25, 0.3) is 0 Å². The molecule has 2 rings (SSSR count). The van der Waals surface area contributed by atoms with Gasteiger partial charge in [-0.25, -0.2) is 13.1 Å². The summed E-state index contributed by atoms with van der Waals surface area (Å²) in [5.74, 6) is 0.00139. The van der Waals surface area contributed by atoms with E-state index in [1.807, 2.05) is 62.4 Å². The molecule has 24 heavy (non-hydrogen) atoms. The summed E-state index contributed by atoms with van der Waals surface area (Å²) >= 11 is 5.96. The summed E-state index contributed by atoms with van der Waals surface area (Å²) in [6, 6.07) is 15.3. The Balaban J connectivity index is 1.86. The van der Waals surface area contributed by atoms with Crippen LogP contribution < -0.4 is 10.0 Å². The Labute approximate surface area is 149 Å². The van der Waals surface area contributed by atoms with Crippen molar-refractivity contribution >= 4 is 21.6 Å². The third-order valence-electron chi connectivity index (χ3n) is 3.34. The Morgan fingerprint density at radius 3 is 2.21 bits per heavy atom. The van der Waals surface area contributed by atoms with Crippen LogP contribution in [0.2, 0.25) is 5.02 Å². The van der Waals surface area contributed by atoms with Gasteiger partial charge in [0.1, 0.15) is 0 Å². The van der Waals surface area contributed by atoms with Crippen molar-refractivity contribution in [3.05, 3.63) is 70.2 Å². The number of sulfonamides is 1. The van der Waals surface area contributed by atoms with Gasteiger partial charge in [-0.05, 0) is 42.7 Å². The van der Waals surface area contributed by atoms with Crippen LogP contribution in [0, 0.1) is 0 Å². The summed E-state index contributed by atoms with van der Waals surface area (Å²) in [5.41, 5.74) is 3.02. The normalized spacial score (nSPS) is 11.8. The number of hydrogen-bond donors (Lipinski definition) is 2. The monoisotopic (exact) mass is 366 g/mol. The molecule has 0 unspecified atom stereocenters. The first-order valence-corrected chi connectivity index (χ1v) is 9.90. The average molecular weight is 367 g/mol. The predicted octanol–water partition coefficient (Wildman–Crippen LogP) is 3.46. The Bertz CT molecular complexity index is 759. The van der Waals surface area contributed by atoms with E-state index >= 15 is 0 Å². The molecule has 4 nitrogen and oxygen atoms in total. The molecular weight excluding hydrogens is 344 g/mol. The van der Waals surface area contributed by atoms with Crippen molar-refractivity contribution in [2.24, 2.45) is 0 Å². The van der Waals surface area contributed by atoms with Gasteiger partial charge in [-0.3, -0.25) is 0 Å². The number of benzene rings is 2. The fourth-order valence-electron chi connectivity index (χ4n) is 2.37. The molecule has 0 saturated heterocycles. The second kappa shape index (κ2) is 8.62. The summed E-state index contributed by atoms with van der Waals surface area (Å²) in [6.07, 6.45) is 0. The molecule has 0 heterocycles. The molecule has 0 saturated carbocycles. The van der Waals surface area contributed by atoms with E-state index in [4.69, 9.17) is 11.6 Å². The first kappa shape index (κ1) is 18.9. The van der Waals surface area contributed by atoms with E-state index in [0.717, 1.165) is 28.3 Å². The topological polar surface area (TPSA) is 58.2 Å². The maximum absolute atomic E-state index is 11.9. The molecule has 130 valence electrons. The molecule has 0 aliphatic rings. The van der Waals surface area contributed by atoms with Crippen LogP contribution in [0.15, 0.2) is 48.5 Å². The van der Waals surface area contributed by atoms with Gasteiger partial charge in [-0.1, -0.05) is 48.0 Å². The molecule has 0 spiro atoms. The lowest BCUT2D eigenvalue weighted by atomic mass is 10.1. The molecular formula is C18H23ClN2O2S. The van der Waals surface area contributed by atoms with Gasteiger partial charge in [-0.2, -0.15) is 0 Å². The highest BCUT2D eigenvalue weighted by Gasteiger charge is 2.12. The number of nitrogens with one attached hydrogen (secondary N) is 2. The van der Waals surface area contributed by atoms with Crippen molar-refractivity contribution in [3.63, 3.8) is 0 Å². The lowest BCUT2D eigenvalue weighted by Crippen LogP contribution is -2.31. The van der Waals surface area contributed by atoms with Crippen LogP contribution in [-0.4, -0.2) is 14.5 Å². The SMILES string of the molecule is CC(C)NS(=O)(=O)Cc1ccc(CNCc2cccc(Cl)c2)cc1. The predicted molar refractivity (Wildman–Crippen MR) is 99.3 cm³/mol. The van der Waals surface area contributed by atoms with Gasteiger partial charge >= 0.3 is 0 Å². The fourth-order valence-corrected chi connectivity index (χ4v) is 4.02. The first-order valence-electron chi connectivity index (χ1n) is 7.87. The van der Waals surface area contributed by atoms with Crippen molar-refractivity contribution in [2.75, 3.05) is 0 Å². The molecule has 0 aliphatic carbocycles. The van der Waals surface area contributed by atoms with Crippen LogP contribution in [0.5, 0.6) is 0 Å². The smallest absolute Gasteiger partial charge is 0.216 e. The first-order chi connectivity index (χ1) is 11.3. The highest BCUT2D eigenvalue weighted by molar-refractivity contribution is 7.88. The molecule has 6 heteroatoms. The molecule has 0 atom stereocenters. The molecule has 0 aliphatic heterocycles. The van der Waals surface area contributed by atoms with Gasteiger partial charge in [0.25, 0.3) is 0 Å². The van der Waals surface area contributed by atoms with Gasteiger partial charge in [0, 0.05) is 24.2 Å². The fraction of sp³-hybridized carbons (Fsp3) is 0.333. The summed E-state index contributed by atoms with van der Waals surface area (Å²) in [5, 5.41) is 4.08. The summed E-state index contributed by atoms with van der Waals surface area (Å²) < 4.78 is 26.4. The number of rotatable bonds is 8. The van der Waals surface area contributed by atoms with E-state index < -0.39 is 10.0 Å². The van der Waals surface area contributed by atoms with E-state index in [0.29, 0.717) is 6.54 Å². The molecule has 0 aromatic heterocycles. The average Bonchev–Trinajstić information content (AvgIpc) is 2.47. The van der Waals surface area contributed by atoms with Gasteiger partial charge in [0.05, 0.1) is 5.75 Å². The molecule has 2 N–H and O–H groups in total. The quantitative estimate of drug-likeness (QED) is 0.752. The van der Waals surface area contributed by atoms with Gasteiger partial charge in [-0.15, -0.1) is 0 Å². The van der Waals surface area contributed by atoms with E-state index in [2.05, 4.69) is 10.0 Å². The van der Waals surface area contributed by atoms with Crippen molar-refractivity contribution in [2.45, 2.75) is 38.7 Å². The second-order valence-corrected chi connectivity index (χ2v) is 8.27. The van der Waals surface area contributed by atoms with E-state index in [9.17, 15) is 8.42 Å². The van der Waals surface area contributed by atoms with Gasteiger partial charge < -0.3 is 5.32 Å². The summed E-state index contributed by atoms with van der Waals surface area (Å²) in [7, 11) is -3.28. The van der Waals surface area contributed by atoms with Crippen molar-refractivity contribution in [3.8, 4) is 0 Å². The van der Waals surface area contributed by atoms with Crippen LogP contribution in [0.3, 0.4) is 0 Å². The molecule has 0 bridgehead atoms. The zero-order chi connectivity index (χ0) is 17.6. The largest absolute Gasteiger partial charge is 0.309 e. The van der Waals surface area contributed by atoms with E-state index in [1.165, 1.54) is 0 Å². The Morgan fingerprint density at radius 1 is 0.958 bits per heavy atom. The maximum Gasteiger partial charge on any atom is 0.216 e. The van der Waals surface area contributed by atoms with Crippen LogP contribution in [0.4, 0.5) is 0 Å². The Kier molecular flexibility index (Phi) is 6.80. The highest BCUT2D eigenvalue weighted by atomic mass is 35.5. The maximum atomic E-state index is 11.9. The van der Waals surface area contributed by atoms with Crippen LogP contribution in [0.1, 0.15) is 30.5 Å². The minimum absolute atomic E-state index is 0.00139. The highest BCUT2D eigenvalue weighted by Crippen LogP contribution is 2.11. The number of halogens is 1. The molecule has 0 radical (unpaired) electrons. The van der Waals surface area contributed by atoms with Crippen molar-refractivity contribution in [1.29, 1.82) is 0 Å². The Hall–Kier alpha value is -1.40. The summed E-state index contributed by atoms with van der Waals surface area (Å²) in [4.78, 5) is 0. The second-order valence-electron chi connectivity index (χ2n) is 6.08. The zero-order valence-corrected chi connectivity index (χ0v) is 15.5. The number of hydrogen-bond acceptors (Lipinski definition) is 3. The van der Waals surface area contributed by atoms with E-state index in [1.54, 1.807) is 0 Å². The van der Waals surface area contributed by atoms with Gasteiger partial charge in [0.2, 0.25) is 10.0 Å². The lowest BCUT2D eigenvalue weighted by Gasteiger charge is -2.10. The van der Waals surface area contributed by atoms with E-state index in [-0.39, 0.29) is 11.8 Å². The third-order valence-corrected chi connectivity index (χ3v) is 5.12. The van der Waals surface area contributed by atoms with Crippen LogP contribution >= 0.6 is 11.6 Å². The minimum Gasteiger partial charge on any atom is -0.309 e. The molecule has 2 aromatic carbocycles. The molecule has 0 amide bonds. The minimum atomic E-state index is -3.28. The zero-order valence-electron chi connectivity index (χ0n) is 13.9. The summed E-state index contributed by atoms with van der Waals surface area (Å²) in [6.45, 7) is 5.07. The third kappa shape index (κ3) is 6.61. The standard InChI is InChI=1S/C18H23ClN2O2S/c1-14(2)21-24(22,23)13-16-8-6-15(7-9-16)11-20-12-17-4-3-5-18(19)10-17/h3-10,14,20-21H,11-13H2,1-2H3. The lowest BCUT2D eigenvalue weighted by molar-refractivity contribution is 0.569. The van der Waals surface area contributed by atoms with Gasteiger partial charge in [0.15, 0.2) is 0 Å². The Morgan fingerprint density at radius 2 is 1.58 bits per heavy atom. The van der Waals surface area contributed by atoms with Crippen molar-refractivity contribution < 1.29 is 8.42 Å². The molecule has 2 aromatic rings. The molecule has 0 fully saturated rings. The van der Waals surface area contributed by atoms with Crippen LogP contribution in [-0.2, 0) is 28.9 Å². The van der Waals surface area contributed by atoms with Crippen molar-refractivity contribution in [1.82, 2.24) is 10.0 Å².